The van der Waals surface area contributed by atoms with Crippen molar-refractivity contribution in [3.05, 3.63) is 69.5 Å². The lowest BCUT2D eigenvalue weighted by atomic mass is 9.98. The molecule has 210 valence electrons. The number of fused-ring (bicyclic) bond motifs is 4. The first-order valence-electron chi connectivity index (χ1n) is 13.1. The summed E-state index contributed by atoms with van der Waals surface area (Å²) in [7, 11) is 6.01. The van der Waals surface area contributed by atoms with Crippen molar-refractivity contribution in [2.24, 2.45) is 7.05 Å². The minimum absolute atomic E-state index is 0.0177. The van der Waals surface area contributed by atoms with Gasteiger partial charge in [0.1, 0.15) is 11.4 Å². The maximum Gasteiger partial charge on any atom is 0.270 e. The Kier molecular flexibility index (Phi) is 7.37. The number of carbonyl (C=O) groups is 1. The molecule has 0 bridgehead atoms. The highest BCUT2D eigenvalue weighted by molar-refractivity contribution is 6.47. The third kappa shape index (κ3) is 4.64. The Morgan fingerprint density at radius 3 is 2.65 bits per heavy atom. The second kappa shape index (κ2) is 10.5. The lowest BCUT2D eigenvalue weighted by molar-refractivity contribution is 0.0940. The van der Waals surface area contributed by atoms with Crippen molar-refractivity contribution in [1.29, 1.82) is 0 Å². The van der Waals surface area contributed by atoms with Crippen LogP contribution in [0.3, 0.4) is 0 Å². The number of ether oxygens (including phenoxy) is 1. The number of nitrogens with one attached hydrogen (secondary N) is 2. The fraction of sp³-hybridized carbons (Fsp3) is 0.333. The zero-order valence-corrected chi connectivity index (χ0v) is 25.0. The van der Waals surface area contributed by atoms with Crippen LogP contribution in [-0.4, -0.2) is 58.2 Å². The van der Waals surface area contributed by atoms with E-state index in [1.54, 1.807) is 24.4 Å². The van der Waals surface area contributed by atoms with Crippen LogP contribution in [0.5, 0.6) is 5.75 Å². The van der Waals surface area contributed by atoms with E-state index in [0.717, 1.165) is 28.4 Å². The number of carbonyl (C=O) groups excluding carboxylic acids is 1. The van der Waals surface area contributed by atoms with Gasteiger partial charge in [-0.15, -0.1) is 0 Å². The highest BCUT2D eigenvalue weighted by Gasteiger charge is 2.26. The summed E-state index contributed by atoms with van der Waals surface area (Å²) in [6.45, 7) is 7.29. The quantitative estimate of drug-likeness (QED) is 0.240. The molecule has 2 aromatic carbocycles. The number of hydrogen-bond acceptors (Lipinski definition) is 6. The fourth-order valence-corrected chi connectivity index (χ4v) is 5.77. The van der Waals surface area contributed by atoms with Crippen molar-refractivity contribution in [2.45, 2.75) is 32.7 Å². The minimum Gasteiger partial charge on any atom is -0.503 e. The van der Waals surface area contributed by atoms with Gasteiger partial charge in [-0.3, -0.25) is 9.78 Å². The number of nitrogens with zero attached hydrogens (tertiary/aromatic N) is 3. The van der Waals surface area contributed by atoms with Crippen LogP contribution in [0.15, 0.2) is 48.2 Å². The molecule has 4 aromatic rings. The largest absolute Gasteiger partial charge is 0.503 e. The van der Waals surface area contributed by atoms with Gasteiger partial charge in [0.05, 0.1) is 21.1 Å². The number of pyridine rings is 1. The molecule has 0 saturated carbocycles. The Hall–Kier alpha value is -3.46. The molecule has 0 radical (unpaired) electrons. The lowest BCUT2D eigenvalue weighted by Gasteiger charge is -2.32. The summed E-state index contributed by atoms with van der Waals surface area (Å²) >= 11 is 14.1. The summed E-state index contributed by atoms with van der Waals surface area (Å²) in [6.07, 6.45) is 5.77. The Morgan fingerprint density at radius 2 is 1.95 bits per heavy atom. The van der Waals surface area contributed by atoms with E-state index in [2.05, 4.69) is 34.4 Å². The van der Waals surface area contributed by atoms with Gasteiger partial charge in [-0.1, -0.05) is 29.3 Å². The normalized spacial score (nSPS) is 14.0. The molecule has 1 aliphatic rings. The van der Waals surface area contributed by atoms with Crippen LogP contribution >= 0.6 is 23.2 Å². The van der Waals surface area contributed by atoms with Crippen molar-refractivity contribution in [2.75, 3.05) is 27.2 Å². The Morgan fingerprint density at radius 1 is 1.20 bits per heavy atom. The van der Waals surface area contributed by atoms with E-state index in [1.165, 1.54) is 0 Å². The standard InChI is InChI=1S/C30H33Cl2N5O3/c1-16-17-11-14-33-26(28(39)34-15-12-30(2,3)36(4)5)21(17)25(32)23-22-18(37(6)27(16)23)9-10-20(24(22)31)40-29-19(38)8-7-13-35-29/h7-11,14,35,38H,12-13,15H2,1-6H3,(H,34,39). The molecule has 0 unspecified atom stereocenters. The van der Waals surface area contributed by atoms with Crippen LogP contribution in [0.4, 0.5) is 0 Å². The number of hydrogen-bond donors (Lipinski definition) is 3. The summed E-state index contributed by atoms with van der Waals surface area (Å²) in [6, 6.07) is 5.56. The molecular weight excluding hydrogens is 549 g/mol. The Bertz CT molecular complexity index is 1740. The first-order chi connectivity index (χ1) is 18.9. The monoisotopic (exact) mass is 581 g/mol. The van der Waals surface area contributed by atoms with Gasteiger partial charge in [0.15, 0.2) is 5.76 Å². The average Bonchev–Trinajstić information content (AvgIpc) is 3.22. The predicted octanol–water partition coefficient (Wildman–Crippen LogP) is 6.22. The van der Waals surface area contributed by atoms with Gasteiger partial charge in [0, 0.05) is 48.0 Å². The molecule has 0 spiro atoms. The molecule has 8 nitrogen and oxygen atoms in total. The second-order valence-electron chi connectivity index (χ2n) is 10.9. The summed E-state index contributed by atoms with van der Waals surface area (Å²) in [5.74, 6) is 0.288. The number of aromatic nitrogens is 2. The van der Waals surface area contributed by atoms with Crippen LogP contribution in [0.25, 0.3) is 32.6 Å². The van der Waals surface area contributed by atoms with Gasteiger partial charge in [0.25, 0.3) is 5.91 Å². The van der Waals surface area contributed by atoms with Crippen molar-refractivity contribution in [3.8, 4) is 5.75 Å². The molecule has 0 aliphatic carbocycles. The topological polar surface area (TPSA) is 91.7 Å². The van der Waals surface area contributed by atoms with Gasteiger partial charge >= 0.3 is 0 Å². The fourth-order valence-electron chi connectivity index (χ4n) is 5.10. The SMILES string of the molecule is Cc1c2ccnc(C(=O)NCCC(C)(C)N(C)C)c2c(Cl)c2c3c(Cl)c(OC4=C(O)C=CCN4)ccc3n(C)c12. The first kappa shape index (κ1) is 28.1. The van der Waals surface area contributed by atoms with E-state index in [-0.39, 0.29) is 28.8 Å². The van der Waals surface area contributed by atoms with Crippen LogP contribution in [0.2, 0.25) is 10.0 Å². The first-order valence-corrected chi connectivity index (χ1v) is 13.8. The van der Waals surface area contributed by atoms with Crippen LogP contribution in [-0.2, 0) is 7.05 Å². The van der Waals surface area contributed by atoms with E-state index in [9.17, 15) is 9.90 Å². The van der Waals surface area contributed by atoms with Crippen LogP contribution < -0.4 is 15.4 Å². The highest BCUT2D eigenvalue weighted by Crippen LogP contribution is 2.46. The highest BCUT2D eigenvalue weighted by atomic mass is 35.5. The van der Waals surface area contributed by atoms with E-state index >= 15 is 0 Å². The molecule has 2 aromatic heterocycles. The molecule has 40 heavy (non-hydrogen) atoms. The van der Waals surface area contributed by atoms with E-state index in [0.29, 0.717) is 45.0 Å². The molecular formula is C30H33Cl2N5O3. The van der Waals surface area contributed by atoms with Crippen molar-refractivity contribution in [3.63, 3.8) is 0 Å². The second-order valence-corrected chi connectivity index (χ2v) is 11.6. The van der Waals surface area contributed by atoms with Crippen LogP contribution in [0, 0.1) is 6.92 Å². The van der Waals surface area contributed by atoms with E-state index < -0.39 is 0 Å². The lowest BCUT2D eigenvalue weighted by Crippen LogP contribution is -2.41. The Balaban J connectivity index is 1.66. The summed E-state index contributed by atoms with van der Waals surface area (Å²) in [5.41, 5.74) is 2.90. The summed E-state index contributed by atoms with van der Waals surface area (Å²) in [5, 5.41) is 19.8. The number of aliphatic hydroxyl groups is 1. The zero-order valence-electron chi connectivity index (χ0n) is 23.4. The third-order valence-corrected chi connectivity index (χ3v) is 8.72. The molecule has 5 rings (SSSR count). The molecule has 1 amide bonds. The van der Waals surface area contributed by atoms with Crippen molar-refractivity contribution in [1.82, 2.24) is 25.1 Å². The smallest absolute Gasteiger partial charge is 0.270 e. The molecule has 3 heterocycles. The number of halogens is 2. The third-order valence-electron chi connectivity index (χ3n) is 7.97. The maximum absolute atomic E-state index is 13.4. The maximum atomic E-state index is 13.4. The summed E-state index contributed by atoms with van der Waals surface area (Å²) < 4.78 is 8.02. The number of amides is 1. The van der Waals surface area contributed by atoms with E-state index in [4.69, 9.17) is 27.9 Å². The number of aryl methyl sites for hydroxylation is 2. The minimum atomic E-state index is -0.282. The molecule has 3 N–H and O–H groups in total. The number of rotatable bonds is 7. The molecule has 0 atom stereocenters. The average molecular weight is 583 g/mol. The van der Waals surface area contributed by atoms with Crippen molar-refractivity contribution < 1.29 is 14.6 Å². The number of aliphatic hydroxyl groups excluding tert-OH is 1. The molecule has 1 aliphatic heterocycles. The zero-order chi connectivity index (χ0) is 28.9. The Labute approximate surface area is 243 Å². The van der Waals surface area contributed by atoms with Gasteiger partial charge < -0.3 is 29.9 Å². The number of allylic oxidation sites excluding steroid dienone is 1. The number of dihydropyridines is 1. The van der Waals surface area contributed by atoms with Gasteiger partial charge in [-0.25, -0.2) is 0 Å². The number of benzene rings is 2. The van der Waals surface area contributed by atoms with Crippen LogP contribution in [0.1, 0.15) is 36.3 Å². The predicted molar refractivity (Wildman–Crippen MR) is 163 cm³/mol. The molecule has 0 saturated heterocycles. The molecule has 10 heteroatoms. The van der Waals surface area contributed by atoms with E-state index in [1.807, 2.05) is 44.8 Å². The summed E-state index contributed by atoms with van der Waals surface area (Å²) in [4.78, 5) is 20.0. The molecule has 0 fully saturated rings. The van der Waals surface area contributed by atoms with Gasteiger partial charge in [-0.05, 0) is 76.5 Å². The van der Waals surface area contributed by atoms with Gasteiger partial charge in [0.2, 0.25) is 5.88 Å². The van der Waals surface area contributed by atoms with Crippen molar-refractivity contribution >= 4 is 61.7 Å². The van der Waals surface area contributed by atoms with Gasteiger partial charge in [-0.2, -0.15) is 0 Å².